The Kier molecular flexibility index (Phi) is 5.28. The summed E-state index contributed by atoms with van der Waals surface area (Å²) in [5.74, 6) is -0.589. The van der Waals surface area contributed by atoms with Crippen LogP contribution < -0.4 is 0 Å². The maximum atomic E-state index is 12.6. The van der Waals surface area contributed by atoms with Gasteiger partial charge in [-0.2, -0.15) is 0 Å². The van der Waals surface area contributed by atoms with Gasteiger partial charge in [-0.25, -0.2) is 0 Å². The normalized spacial score (nSPS) is 29.1. The lowest BCUT2D eigenvalue weighted by Gasteiger charge is -2.42. The Bertz CT molecular complexity index is 371. The third-order valence-electron chi connectivity index (χ3n) is 6.06. The van der Waals surface area contributed by atoms with Gasteiger partial charge in [-0.15, -0.1) is 0 Å². The molecule has 0 bridgehead atoms. The Morgan fingerprint density at radius 1 is 1.00 bits per heavy atom. The molecule has 1 aliphatic carbocycles. The summed E-state index contributed by atoms with van der Waals surface area (Å²) in [5, 5.41) is 9.03. The van der Waals surface area contributed by atoms with Crippen molar-refractivity contribution in [1.29, 1.82) is 0 Å². The van der Waals surface area contributed by atoms with Crippen molar-refractivity contribution in [2.75, 3.05) is 13.1 Å². The van der Waals surface area contributed by atoms with Gasteiger partial charge in [0.25, 0.3) is 0 Å². The van der Waals surface area contributed by atoms with E-state index < -0.39 is 5.97 Å². The van der Waals surface area contributed by atoms with Gasteiger partial charge in [0.2, 0.25) is 5.91 Å². The van der Waals surface area contributed by atoms with Crippen LogP contribution in [0.1, 0.15) is 65.2 Å². The Morgan fingerprint density at radius 2 is 1.48 bits per heavy atom. The van der Waals surface area contributed by atoms with E-state index in [4.69, 9.17) is 5.11 Å². The molecule has 1 amide bonds. The van der Waals surface area contributed by atoms with Crippen LogP contribution in [0, 0.1) is 17.3 Å². The molecule has 2 fully saturated rings. The number of likely N-dealkylation sites (tertiary alicyclic amines) is 1. The first-order valence-electron chi connectivity index (χ1n) is 8.53. The van der Waals surface area contributed by atoms with Crippen molar-refractivity contribution in [2.45, 2.75) is 65.2 Å². The van der Waals surface area contributed by atoms with Gasteiger partial charge in [-0.05, 0) is 43.9 Å². The average molecular weight is 295 g/mol. The summed E-state index contributed by atoms with van der Waals surface area (Å²) in [4.78, 5) is 25.6. The van der Waals surface area contributed by atoms with E-state index in [-0.39, 0.29) is 17.7 Å². The van der Waals surface area contributed by atoms with Crippen LogP contribution in [0.25, 0.3) is 0 Å². The van der Waals surface area contributed by atoms with Crippen molar-refractivity contribution in [3.63, 3.8) is 0 Å². The molecule has 120 valence electrons. The zero-order valence-electron chi connectivity index (χ0n) is 13.4. The molecule has 0 unspecified atom stereocenters. The molecule has 0 atom stereocenters. The highest BCUT2D eigenvalue weighted by Crippen LogP contribution is 2.39. The van der Waals surface area contributed by atoms with Crippen LogP contribution in [-0.2, 0) is 9.59 Å². The van der Waals surface area contributed by atoms with Crippen molar-refractivity contribution < 1.29 is 14.7 Å². The molecule has 0 radical (unpaired) electrons. The zero-order valence-corrected chi connectivity index (χ0v) is 13.4. The summed E-state index contributed by atoms with van der Waals surface area (Å²) in [7, 11) is 0. The molecule has 1 aliphatic heterocycles. The molecule has 4 nitrogen and oxygen atoms in total. The second-order valence-electron chi connectivity index (χ2n) is 6.92. The van der Waals surface area contributed by atoms with Gasteiger partial charge in [-0.1, -0.05) is 26.7 Å². The van der Waals surface area contributed by atoms with Gasteiger partial charge in [0.1, 0.15) is 0 Å². The summed E-state index contributed by atoms with van der Waals surface area (Å²) in [6.45, 7) is 6.29. The Balaban J connectivity index is 1.84. The monoisotopic (exact) mass is 295 g/mol. The molecule has 0 aromatic carbocycles. The van der Waals surface area contributed by atoms with Crippen molar-refractivity contribution in [2.24, 2.45) is 17.3 Å². The molecule has 1 saturated carbocycles. The Morgan fingerprint density at radius 3 is 1.90 bits per heavy atom. The number of carboxylic acids is 1. The SMILES string of the molecule is CCC1(CC)CCN(C(=O)C2CCC(C(=O)O)CC2)CC1. The summed E-state index contributed by atoms with van der Waals surface area (Å²) >= 11 is 0. The van der Waals surface area contributed by atoms with Crippen LogP contribution in [0.3, 0.4) is 0 Å². The summed E-state index contributed by atoms with van der Waals surface area (Å²) in [6, 6.07) is 0. The number of hydrogen-bond acceptors (Lipinski definition) is 2. The number of carbonyl (C=O) groups excluding carboxylic acids is 1. The first-order chi connectivity index (χ1) is 10.0. The van der Waals surface area contributed by atoms with E-state index in [2.05, 4.69) is 13.8 Å². The number of amides is 1. The maximum absolute atomic E-state index is 12.6. The number of piperidine rings is 1. The van der Waals surface area contributed by atoms with Gasteiger partial charge < -0.3 is 10.0 Å². The molecule has 0 aromatic heterocycles. The molecule has 2 rings (SSSR count). The van der Waals surface area contributed by atoms with Crippen LogP contribution in [0.15, 0.2) is 0 Å². The standard InChI is InChI=1S/C17H29NO3/c1-3-17(4-2)9-11-18(12-10-17)15(19)13-5-7-14(8-6-13)16(20)21/h13-14H,3-12H2,1-2H3,(H,20,21). The predicted octanol–water partition coefficient (Wildman–Crippen LogP) is 3.31. The second kappa shape index (κ2) is 6.80. The minimum Gasteiger partial charge on any atom is -0.481 e. The molecular formula is C17H29NO3. The molecule has 1 heterocycles. The summed E-state index contributed by atoms with van der Waals surface area (Å²) < 4.78 is 0. The number of rotatable bonds is 4. The first kappa shape index (κ1) is 16.3. The molecule has 0 aromatic rings. The number of carboxylic acid groups (broad SMARTS) is 1. The van der Waals surface area contributed by atoms with Crippen LogP contribution in [0.2, 0.25) is 0 Å². The van der Waals surface area contributed by atoms with E-state index in [1.807, 2.05) is 4.90 Å². The highest BCUT2D eigenvalue weighted by atomic mass is 16.4. The molecule has 0 spiro atoms. The van der Waals surface area contributed by atoms with Crippen LogP contribution in [-0.4, -0.2) is 35.0 Å². The molecule has 1 saturated heterocycles. The van der Waals surface area contributed by atoms with Gasteiger partial charge in [-0.3, -0.25) is 9.59 Å². The van der Waals surface area contributed by atoms with Crippen molar-refractivity contribution in [1.82, 2.24) is 4.90 Å². The lowest BCUT2D eigenvalue weighted by Crippen LogP contribution is -2.45. The first-order valence-corrected chi connectivity index (χ1v) is 8.53. The van der Waals surface area contributed by atoms with Crippen molar-refractivity contribution >= 4 is 11.9 Å². The zero-order chi connectivity index (χ0) is 15.5. The minimum absolute atomic E-state index is 0.0661. The van der Waals surface area contributed by atoms with E-state index >= 15 is 0 Å². The lowest BCUT2D eigenvalue weighted by atomic mass is 9.73. The van der Waals surface area contributed by atoms with Crippen LogP contribution >= 0.6 is 0 Å². The summed E-state index contributed by atoms with van der Waals surface area (Å²) in [5.41, 5.74) is 0.442. The summed E-state index contributed by atoms with van der Waals surface area (Å²) in [6.07, 6.45) is 7.47. The topological polar surface area (TPSA) is 57.6 Å². The number of carbonyl (C=O) groups is 2. The fourth-order valence-corrected chi connectivity index (χ4v) is 4.00. The number of aliphatic carboxylic acids is 1. The largest absolute Gasteiger partial charge is 0.481 e. The Labute approximate surface area is 127 Å². The fraction of sp³-hybridized carbons (Fsp3) is 0.882. The van der Waals surface area contributed by atoms with Gasteiger partial charge >= 0.3 is 5.97 Å². The van der Waals surface area contributed by atoms with Crippen LogP contribution in [0.4, 0.5) is 0 Å². The molecule has 1 N–H and O–H groups in total. The fourth-order valence-electron chi connectivity index (χ4n) is 4.00. The van der Waals surface area contributed by atoms with Gasteiger partial charge in [0.05, 0.1) is 5.92 Å². The van der Waals surface area contributed by atoms with E-state index in [1.54, 1.807) is 0 Å². The number of nitrogens with zero attached hydrogens (tertiary/aromatic N) is 1. The number of hydrogen-bond donors (Lipinski definition) is 1. The Hall–Kier alpha value is -1.06. The van der Waals surface area contributed by atoms with Crippen molar-refractivity contribution in [3.8, 4) is 0 Å². The van der Waals surface area contributed by atoms with Crippen molar-refractivity contribution in [3.05, 3.63) is 0 Å². The van der Waals surface area contributed by atoms with E-state index in [0.29, 0.717) is 18.3 Å². The second-order valence-corrected chi connectivity index (χ2v) is 6.92. The smallest absolute Gasteiger partial charge is 0.306 e. The van der Waals surface area contributed by atoms with Gasteiger partial charge in [0.15, 0.2) is 0 Å². The highest BCUT2D eigenvalue weighted by Gasteiger charge is 2.36. The third-order valence-corrected chi connectivity index (χ3v) is 6.06. The minimum atomic E-state index is -0.699. The molecular weight excluding hydrogens is 266 g/mol. The predicted molar refractivity (Wildman–Crippen MR) is 81.9 cm³/mol. The molecule has 21 heavy (non-hydrogen) atoms. The molecule has 4 heteroatoms. The molecule has 2 aliphatic rings. The highest BCUT2D eigenvalue weighted by molar-refractivity contribution is 5.79. The van der Waals surface area contributed by atoms with Gasteiger partial charge in [0, 0.05) is 19.0 Å². The average Bonchev–Trinajstić information content (AvgIpc) is 2.54. The van der Waals surface area contributed by atoms with E-state index in [9.17, 15) is 9.59 Å². The maximum Gasteiger partial charge on any atom is 0.306 e. The third kappa shape index (κ3) is 3.58. The lowest BCUT2D eigenvalue weighted by molar-refractivity contribution is -0.146. The van der Waals surface area contributed by atoms with E-state index in [0.717, 1.165) is 38.8 Å². The quantitative estimate of drug-likeness (QED) is 0.865. The van der Waals surface area contributed by atoms with E-state index in [1.165, 1.54) is 12.8 Å². The van der Waals surface area contributed by atoms with Crippen LogP contribution in [0.5, 0.6) is 0 Å².